The number of rotatable bonds is 4. The van der Waals surface area contributed by atoms with Crippen LogP contribution in [0.25, 0.3) is 0 Å². The molecule has 0 radical (unpaired) electrons. The molecule has 2 aromatic rings. The van der Waals surface area contributed by atoms with Crippen molar-refractivity contribution >= 4 is 23.9 Å². The van der Waals surface area contributed by atoms with Crippen LogP contribution in [0.3, 0.4) is 0 Å². The summed E-state index contributed by atoms with van der Waals surface area (Å²) in [6.07, 6.45) is 1.03. The number of nitrogens with zero attached hydrogens (tertiary/aromatic N) is 3. The quantitative estimate of drug-likeness (QED) is 0.845. The normalized spacial score (nSPS) is 10.5. The van der Waals surface area contributed by atoms with Crippen LogP contribution in [0.5, 0.6) is 0 Å². The Kier molecular flexibility index (Phi) is 3.58. The third-order valence-corrected chi connectivity index (χ3v) is 2.94. The number of H-pyrrole nitrogens is 1. The zero-order valence-corrected chi connectivity index (χ0v) is 10.9. The average molecular weight is 248 g/mol. The Balaban J connectivity index is 2.37. The number of aromatic amines is 1. The first kappa shape index (κ1) is 11.9. The molecule has 0 unspecified atom stereocenters. The largest absolute Gasteiger partial charge is 0.314 e. The van der Waals surface area contributed by atoms with Crippen LogP contribution in [0.1, 0.15) is 13.3 Å². The van der Waals surface area contributed by atoms with Gasteiger partial charge in [-0.1, -0.05) is 25.1 Å². The highest BCUT2D eigenvalue weighted by molar-refractivity contribution is 7.71. The summed E-state index contributed by atoms with van der Waals surface area (Å²) in [5, 5.41) is 7.13. The molecule has 4 nitrogen and oxygen atoms in total. The van der Waals surface area contributed by atoms with E-state index < -0.39 is 0 Å². The predicted molar refractivity (Wildman–Crippen MR) is 72.2 cm³/mol. The summed E-state index contributed by atoms with van der Waals surface area (Å²) in [4.78, 5) is 2.03. The van der Waals surface area contributed by atoms with Gasteiger partial charge in [0.15, 0.2) is 4.77 Å². The smallest absolute Gasteiger partial charge is 0.229 e. The molecular weight excluding hydrogens is 232 g/mol. The fourth-order valence-electron chi connectivity index (χ4n) is 1.76. The minimum Gasteiger partial charge on any atom is -0.314 e. The molecule has 5 heteroatoms. The number of benzene rings is 1. The molecule has 0 bridgehead atoms. The highest BCUT2D eigenvalue weighted by Gasteiger charge is 2.11. The van der Waals surface area contributed by atoms with E-state index in [0.717, 1.165) is 24.6 Å². The summed E-state index contributed by atoms with van der Waals surface area (Å²) in [5.74, 6) is 0.850. The lowest BCUT2D eigenvalue weighted by molar-refractivity contribution is 0.667. The Labute approximate surface area is 106 Å². The number of aromatic nitrogens is 3. The van der Waals surface area contributed by atoms with Crippen LogP contribution in [0.2, 0.25) is 0 Å². The van der Waals surface area contributed by atoms with E-state index in [4.69, 9.17) is 12.2 Å². The summed E-state index contributed by atoms with van der Waals surface area (Å²) in [6, 6.07) is 10.1. The second-order valence-electron chi connectivity index (χ2n) is 3.87. The highest BCUT2D eigenvalue weighted by atomic mass is 32.1. The molecule has 0 aliphatic heterocycles. The summed E-state index contributed by atoms with van der Waals surface area (Å²) < 4.78 is 2.69. The van der Waals surface area contributed by atoms with Crippen molar-refractivity contribution in [3.05, 3.63) is 35.1 Å². The number of hydrogen-bond acceptors (Lipinski definition) is 3. The van der Waals surface area contributed by atoms with Crippen molar-refractivity contribution in [1.82, 2.24) is 14.8 Å². The first-order valence-electron chi connectivity index (χ1n) is 5.68. The van der Waals surface area contributed by atoms with Crippen LogP contribution in [0, 0.1) is 4.77 Å². The van der Waals surface area contributed by atoms with Gasteiger partial charge in [-0.05, 0) is 30.8 Å². The highest BCUT2D eigenvalue weighted by Crippen LogP contribution is 2.21. The van der Waals surface area contributed by atoms with Gasteiger partial charge in [-0.2, -0.15) is 0 Å². The molecule has 1 aromatic carbocycles. The molecule has 0 aliphatic rings. The van der Waals surface area contributed by atoms with Crippen molar-refractivity contribution in [2.45, 2.75) is 19.9 Å². The van der Waals surface area contributed by atoms with Gasteiger partial charge in [0.05, 0.1) is 0 Å². The van der Waals surface area contributed by atoms with E-state index >= 15 is 0 Å². The van der Waals surface area contributed by atoms with Crippen molar-refractivity contribution in [1.29, 1.82) is 0 Å². The molecule has 0 spiro atoms. The molecule has 0 fully saturated rings. The number of anilines is 2. The third kappa shape index (κ3) is 2.39. The molecule has 0 saturated heterocycles. The lowest BCUT2D eigenvalue weighted by Gasteiger charge is -2.18. The SMILES string of the molecule is CCCn1c(N(C)c2ccccc2)n[nH]c1=S. The number of para-hydroxylation sites is 1. The van der Waals surface area contributed by atoms with Crippen LogP contribution >= 0.6 is 12.2 Å². The van der Waals surface area contributed by atoms with Crippen molar-refractivity contribution in [2.24, 2.45) is 0 Å². The predicted octanol–water partition coefficient (Wildman–Crippen LogP) is 3.12. The molecular formula is C12H16N4S. The van der Waals surface area contributed by atoms with Crippen LogP contribution in [-0.2, 0) is 6.54 Å². The van der Waals surface area contributed by atoms with Gasteiger partial charge in [0, 0.05) is 19.3 Å². The second kappa shape index (κ2) is 5.14. The molecule has 1 aromatic heterocycles. The number of hydrogen-bond donors (Lipinski definition) is 1. The Morgan fingerprint density at radius 1 is 1.35 bits per heavy atom. The lowest BCUT2D eigenvalue weighted by atomic mass is 10.3. The van der Waals surface area contributed by atoms with E-state index in [1.165, 1.54) is 0 Å². The molecule has 17 heavy (non-hydrogen) atoms. The van der Waals surface area contributed by atoms with Crippen LogP contribution < -0.4 is 4.90 Å². The molecule has 0 amide bonds. The Bertz CT molecular complexity index is 529. The van der Waals surface area contributed by atoms with E-state index in [1.807, 2.05) is 46.8 Å². The van der Waals surface area contributed by atoms with E-state index in [2.05, 4.69) is 17.1 Å². The summed E-state index contributed by atoms with van der Waals surface area (Å²) in [6.45, 7) is 3.00. The van der Waals surface area contributed by atoms with Crippen molar-refractivity contribution in [3.8, 4) is 0 Å². The van der Waals surface area contributed by atoms with Gasteiger partial charge in [0.25, 0.3) is 0 Å². The van der Waals surface area contributed by atoms with E-state index in [0.29, 0.717) is 4.77 Å². The minimum absolute atomic E-state index is 0.671. The van der Waals surface area contributed by atoms with Crippen molar-refractivity contribution in [2.75, 3.05) is 11.9 Å². The van der Waals surface area contributed by atoms with Gasteiger partial charge in [-0.25, -0.2) is 5.10 Å². The van der Waals surface area contributed by atoms with Gasteiger partial charge >= 0.3 is 0 Å². The zero-order valence-electron chi connectivity index (χ0n) is 10.1. The third-order valence-electron chi connectivity index (χ3n) is 2.63. The molecule has 1 heterocycles. The first-order chi connectivity index (χ1) is 8.24. The van der Waals surface area contributed by atoms with E-state index in [1.54, 1.807) is 0 Å². The van der Waals surface area contributed by atoms with Gasteiger partial charge < -0.3 is 4.90 Å². The maximum Gasteiger partial charge on any atom is 0.229 e. The average Bonchev–Trinajstić information content (AvgIpc) is 2.72. The molecule has 0 aliphatic carbocycles. The maximum atomic E-state index is 5.23. The monoisotopic (exact) mass is 248 g/mol. The molecule has 2 rings (SSSR count). The van der Waals surface area contributed by atoms with Crippen molar-refractivity contribution < 1.29 is 0 Å². The second-order valence-corrected chi connectivity index (χ2v) is 4.26. The van der Waals surface area contributed by atoms with Crippen molar-refractivity contribution in [3.63, 3.8) is 0 Å². The van der Waals surface area contributed by atoms with E-state index in [9.17, 15) is 0 Å². The molecule has 0 atom stereocenters. The zero-order chi connectivity index (χ0) is 12.3. The van der Waals surface area contributed by atoms with Gasteiger partial charge in [0.2, 0.25) is 5.95 Å². The van der Waals surface area contributed by atoms with Crippen LogP contribution in [0.15, 0.2) is 30.3 Å². The standard InChI is InChI=1S/C12H16N4S/c1-3-9-16-11(13-14-12(16)17)15(2)10-7-5-4-6-8-10/h4-8H,3,9H2,1-2H3,(H,14,17). The Morgan fingerprint density at radius 3 is 2.71 bits per heavy atom. The topological polar surface area (TPSA) is 36.9 Å². The molecule has 90 valence electrons. The van der Waals surface area contributed by atoms with Crippen LogP contribution in [-0.4, -0.2) is 21.8 Å². The minimum atomic E-state index is 0.671. The number of nitrogens with one attached hydrogen (secondary N) is 1. The maximum absolute atomic E-state index is 5.23. The Hall–Kier alpha value is -1.62. The Morgan fingerprint density at radius 2 is 2.06 bits per heavy atom. The molecule has 1 N–H and O–H groups in total. The molecule has 0 saturated carbocycles. The van der Waals surface area contributed by atoms with Crippen LogP contribution in [0.4, 0.5) is 11.6 Å². The van der Waals surface area contributed by atoms with Gasteiger partial charge in [0.1, 0.15) is 0 Å². The lowest BCUT2D eigenvalue weighted by Crippen LogP contribution is -2.15. The summed E-state index contributed by atoms with van der Waals surface area (Å²) in [5.41, 5.74) is 1.10. The van der Waals surface area contributed by atoms with E-state index in [-0.39, 0.29) is 0 Å². The first-order valence-corrected chi connectivity index (χ1v) is 6.09. The van der Waals surface area contributed by atoms with Gasteiger partial charge in [-0.15, -0.1) is 5.10 Å². The van der Waals surface area contributed by atoms with Gasteiger partial charge in [-0.3, -0.25) is 4.57 Å². The summed E-state index contributed by atoms with van der Waals surface area (Å²) >= 11 is 5.23. The fraction of sp³-hybridized carbons (Fsp3) is 0.333. The fourth-order valence-corrected chi connectivity index (χ4v) is 1.98. The summed E-state index contributed by atoms with van der Waals surface area (Å²) in [7, 11) is 1.99.